The van der Waals surface area contributed by atoms with Crippen LogP contribution in [-0.2, 0) is 0 Å². The second-order valence-corrected chi connectivity index (χ2v) is 3.02. The summed E-state index contributed by atoms with van der Waals surface area (Å²) in [6, 6.07) is 1.82. The zero-order valence-electron chi connectivity index (χ0n) is 3.89. The van der Waals surface area contributed by atoms with Gasteiger partial charge in [-0.3, -0.25) is 0 Å². The molecule has 0 fully saturated rings. The van der Waals surface area contributed by atoms with E-state index in [1.54, 1.807) is 0 Å². The van der Waals surface area contributed by atoms with Crippen molar-refractivity contribution < 1.29 is 0 Å². The summed E-state index contributed by atoms with van der Waals surface area (Å²) in [5, 5.41) is 1.90. The summed E-state index contributed by atoms with van der Waals surface area (Å²) >= 11 is 10.9. The van der Waals surface area contributed by atoms with Crippen LogP contribution in [0.5, 0.6) is 0 Å². The number of nitrogens with one attached hydrogen (secondary N) is 1. The van der Waals surface area contributed by atoms with Crippen LogP contribution in [-0.4, -0.2) is 0 Å². The van der Waals surface area contributed by atoms with Crippen molar-refractivity contribution in [3.8, 4) is 0 Å². The van der Waals surface area contributed by atoms with E-state index in [0.717, 1.165) is 10.0 Å². The summed E-state index contributed by atoms with van der Waals surface area (Å²) in [6.07, 6.45) is 0. The molecule has 0 aromatic carbocycles. The number of thiol groups is 1. The molecule has 0 spiro atoms. The Hall–Kier alpha value is 0.140. The summed E-state index contributed by atoms with van der Waals surface area (Å²) < 4.78 is 3.45. The van der Waals surface area contributed by atoms with E-state index < -0.39 is 0 Å². The van der Waals surface area contributed by atoms with Crippen LogP contribution in [0, 0.1) is 0 Å². The molecule has 44 valence electrons. The Balaban J connectivity index is 2.84. The van der Waals surface area contributed by atoms with Gasteiger partial charge in [0.2, 0.25) is 0 Å². The summed E-state index contributed by atoms with van der Waals surface area (Å²) in [4.78, 5) is 0. The molecule has 0 saturated heterocycles. The Kier molecular flexibility index (Phi) is 2.05. The van der Waals surface area contributed by atoms with Crippen molar-refractivity contribution in [2.24, 2.45) is 0 Å². The van der Waals surface area contributed by atoms with E-state index in [1.807, 2.05) is 11.4 Å². The molecule has 0 aliphatic carbocycles. The first-order valence-electron chi connectivity index (χ1n) is 1.97. The van der Waals surface area contributed by atoms with Gasteiger partial charge in [-0.2, -0.15) is 0 Å². The molecule has 1 nitrogen and oxygen atoms in total. The van der Waals surface area contributed by atoms with Crippen molar-refractivity contribution >= 4 is 41.4 Å². The fourth-order valence-electron chi connectivity index (χ4n) is 0.369. The van der Waals surface area contributed by atoms with Crippen molar-refractivity contribution in [3.63, 3.8) is 0 Å². The molecule has 0 atom stereocenters. The van der Waals surface area contributed by atoms with Crippen molar-refractivity contribution in [2.75, 3.05) is 4.72 Å². The van der Waals surface area contributed by atoms with Crippen molar-refractivity contribution in [1.82, 2.24) is 0 Å². The number of hydrogen-bond acceptors (Lipinski definition) is 3. The second kappa shape index (κ2) is 2.62. The minimum absolute atomic E-state index is 0.779. The van der Waals surface area contributed by atoms with E-state index in [0.29, 0.717) is 0 Å². The van der Waals surface area contributed by atoms with E-state index in [-0.39, 0.29) is 0 Å². The Labute approximate surface area is 62.2 Å². The van der Waals surface area contributed by atoms with Gasteiger partial charge < -0.3 is 4.72 Å². The van der Waals surface area contributed by atoms with Gasteiger partial charge in [0, 0.05) is 5.38 Å². The monoisotopic (exact) mass is 165 g/mol. The predicted octanol–water partition coefficient (Wildman–Crippen LogP) is 2.66. The maximum absolute atomic E-state index is 5.58. The molecule has 0 radical (unpaired) electrons. The first-order chi connectivity index (χ1) is 3.83. The molecule has 0 amide bonds. The first kappa shape index (κ1) is 6.26. The second-order valence-electron chi connectivity index (χ2n) is 1.25. The zero-order chi connectivity index (χ0) is 5.98. The van der Waals surface area contributed by atoms with Gasteiger partial charge in [0.1, 0.15) is 0 Å². The Morgan fingerprint density at radius 2 is 2.50 bits per heavy atom. The maximum Gasteiger partial charge on any atom is 0.0949 e. The highest BCUT2D eigenvalue weighted by Crippen LogP contribution is 2.23. The van der Waals surface area contributed by atoms with Crippen LogP contribution in [0.3, 0.4) is 0 Å². The number of halogens is 1. The lowest BCUT2D eigenvalue weighted by atomic mass is 10.6. The number of thiophene rings is 1. The fraction of sp³-hybridized carbons (Fsp3) is 0. The summed E-state index contributed by atoms with van der Waals surface area (Å²) in [5.41, 5.74) is 0.948. The molecule has 0 aliphatic heterocycles. The third kappa shape index (κ3) is 1.31. The minimum Gasteiger partial charge on any atom is -0.332 e. The van der Waals surface area contributed by atoms with Crippen LogP contribution < -0.4 is 4.72 Å². The molecule has 0 unspecified atom stereocenters. The van der Waals surface area contributed by atoms with E-state index in [1.165, 1.54) is 11.3 Å². The fourth-order valence-corrected chi connectivity index (χ4v) is 1.40. The third-order valence-electron chi connectivity index (χ3n) is 0.697. The number of rotatable bonds is 1. The molecule has 1 N–H and O–H groups in total. The summed E-state index contributed by atoms with van der Waals surface area (Å²) in [5.74, 6) is 0. The van der Waals surface area contributed by atoms with Crippen LogP contribution in [0.4, 0.5) is 5.69 Å². The number of hydrogen-bond donors (Lipinski definition) is 2. The van der Waals surface area contributed by atoms with Crippen LogP contribution >= 0.6 is 35.8 Å². The molecule has 0 saturated carbocycles. The first-order valence-corrected chi connectivity index (χ1v) is 3.67. The van der Waals surface area contributed by atoms with Gasteiger partial charge in [-0.15, -0.1) is 11.3 Å². The highest BCUT2D eigenvalue weighted by molar-refractivity contribution is 7.81. The SMILES string of the molecule is SNc1csc(Cl)c1. The van der Waals surface area contributed by atoms with Crippen LogP contribution in [0.15, 0.2) is 11.4 Å². The lowest BCUT2D eigenvalue weighted by Gasteiger charge is -1.85. The van der Waals surface area contributed by atoms with Gasteiger partial charge in [-0.05, 0) is 6.07 Å². The summed E-state index contributed by atoms with van der Waals surface area (Å²) in [7, 11) is 0. The van der Waals surface area contributed by atoms with Crippen molar-refractivity contribution in [1.29, 1.82) is 0 Å². The molecule has 1 aromatic rings. The van der Waals surface area contributed by atoms with E-state index >= 15 is 0 Å². The predicted molar refractivity (Wildman–Crippen MR) is 41.9 cm³/mol. The maximum atomic E-state index is 5.58. The van der Waals surface area contributed by atoms with E-state index in [9.17, 15) is 0 Å². The van der Waals surface area contributed by atoms with E-state index in [4.69, 9.17) is 11.6 Å². The van der Waals surface area contributed by atoms with E-state index in [2.05, 4.69) is 17.5 Å². The van der Waals surface area contributed by atoms with Crippen LogP contribution in [0.2, 0.25) is 4.34 Å². The molecule has 4 heteroatoms. The molecule has 0 bridgehead atoms. The average Bonchev–Trinajstić information content (AvgIpc) is 2.14. The largest absolute Gasteiger partial charge is 0.332 e. The Morgan fingerprint density at radius 1 is 1.75 bits per heavy atom. The Bertz CT molecular complexity index is 174. The van der Waals surface area contributed by atoms with Gasteiger partial charge in [-0.25, -0.2) is 0 Å². The zero-order valence-corrected chi connectivity index (χ0v) is 6.35. The summed E-state index contributed by atoms with van der Waals surface area (Å²) in [6.45, 7) is 0. The lowest BCUT2D eigenvalue weighted by molar-refractivity contribution is 1.88. The molecule has 0 aliphatic rings. The van der Waals surface area contributed by atoms with Gasteiger partial charge in [-0.1, -0.05) is 24.4 Å². The topological polar surface area (TPSA) is 12.0 Å². The normalized spacial score (nSPS) is 9.25. The third-order valence-corrected chi connectivity index (χ3v) is 2.05. The van der Waals surface area contributed by atoms with Crippen molar-refractivity contribution in [3.05, 3.63) is 15.8 Å². The van der Waals surface area contributed by atoms with Gasteiger partial charge in [0.25, 0.3) is 0 Å². The standard InChI is InChI=1S/C4H4ClNS2/c5-4-1-3(6-7)2-8-4/h1-2,6-7H. The Morgan fingerprint density at radius 3 is 2.75 bits per heavy atom. The molecular weight excluding hydrogens is 162 g/mol. The van der Waals surface area contributed by atoms with Crippen LogP contribution in [0.25, 0.3) is 0 Å². The van der Waals surface area contributed by atoms with Gasteiger partial charge in [0.15, 0.2) is 0 Å². The minimum atomic E-state index is 0.779. The average molecular weight is 166 g/mol. The molecule has 1 rings (SSSR count). The molecular formula is C4H4ClNS2. The van der Waals surface area contributed by atoms with Crippen LogP contribution in [0.1, 0.15) is 0 Å². The molecule has 8 heavy (non-hydrogen) atoms. The number of anilines is 1. The quantitative estimate of drug-likeness (QED) is 0.610. The highest BCUT2D eigenvalue weighted by Gasteiger charge is 1.91. The van der Waals surface area contributed by atoms with Crippen molar-refractivity contribution in [2.45, 2.75) is 0 Å². The highest BCUT2D eigenvalue weighted by atomic mass is 35.5. The van der Waals surface area contributed by atoms with Gasteiger partial charge >= 0.3 is 0 Å². The molecule has 1 aromatic heterocycles. The lowest BCUT2D eigenvalue weighted by Crippen LogP contribution is -1.70. The smallest absolute Gasteiger partial charge is 0.0949 e. The molecule has 1 heterocycles. The van der Waals surface area contributed by atoms with Gasteiger partial charge in [0.05, 0.1) is 10.0 Å².